The van der Waals surface area contributed by atoms with Crippen LogP contribution in [0.2, 0.25) is 0 Å². The van der Waals surface area contributed by atoms with Crippen LogP contribution in [0.15, 0.2) is 17.1 Å². The number of nitrogens with zero attached hydrogens (tertiary/aromatic N) is 2. The number of carbonyl (C=O) groups excluding carboxylic acids is 1. The zero-order valence-corrected chi connectivity index (χ0v) is 14.3. The van der Waals surface area contributed by atoms with Gasteiger partial charge in [-0.15, -0.1) is 12.4 Å². The largest absolute Gasteiger partial charge is 0.317 e. The number of aromatic nitrogens is 3. The molecule has 0 amide bonds. The normalized spacial score (nSPS) is 17.0. The van der Waals surface area contributed by atoms with Gasteiger partial charge >= 0.3 is 0 Å². The van der Waals surface area contributed by atoms with Crippen LogP contribution in [-0.4, -0.2) is 33.5 Å². The first kappa shape index (κ1) is 17.7. The second-order valence-corrected chi connectivity index (χ2v) is 6.07. The summed E-state index contributed by atoms with van der Waals surface area (Å²) in [5.41, 5.74) is 1.79. The average molecular weight is 339 g/mol. The van der Waals surface area contributed by atoms with Crippen molar-refractivity contribution in [3.8, 4) is 0 Å². The number of aromatic amines is 1. The van der Waals surface area contributed by atoms with Crippen molar-refractivity contribution in [2.45, 2.75) is 39.0 Å². The summed E-state index contributed by atoms with van der Waals surface area (Å²) in [5.74, 6) is 0.271. The molecule has 0 bridgehead atoms. The van der Waals surface area contributed by atoms with Gasteiger partial charge in [-0.1, -0.05) is 13.8 Å². The van der Waals surface area contributed by atoms with Crippen LogP contribution in [0.5, 0.6) is 0 Å². The Labute approximate surface area is 141 Å². The van der Waals surface area contributed by atoms with Crippen molar-refractivity contribution in [1.29, 1.82) is 0 Å². The van der Waals surface area contributed by atoms with Crippen LogP contribution < -0.4 is 10.9 Å². The molecule has 0 saturated carbocycles. The van der Waals surface area contributed by atoms with Crippen LogP contribution in [0.25, 0.3) is 5.65 Å². The molecule has 1 fully saturated rings. The fourth-order valence-electron chi connectivity index (χ4n) is 3.05. The van der Waals surface area contributed by atoms with E-state index in [-0.39, 0.29) is 29.7 Å². The monoisotopic (exact) mass is 338 g/mol. The molecule has 0 aliphatic carbocycles. The number of rotatable bonds is 4. The zero-order chi connectivity index (χ0) is 15.7. The first-order chi connectivity index (χ1) is 10.6. The van der Waals surface area contributed by atoms with E-state index in [2.05, 4.69) is 15.4 Å². The Morgan fingerprint density at radius 2 is 2.13 bits per heavy atom. The fraction of sp³-hybridized carbons (Fsp3) is 0.562. The molecule has 1 atom stereocenters. The lowest BCUT2D eigenvalue weighted by molar-refractivity contribution is 0.0928. The molecular formula is C16H23ClN4O2. The summed E-state index contributed by atoms with van der Waals surface area (Å²) < 4.78 is 1.74. The molecule has 1 aliphatic heterocycles. The van der Waals surface area contributed by atoms with Gasteiger partial charge < -0.3 is 10.3 Å². The van der Waals surface area contributed by atoms with E-state index in [1.807, 2.05) is 13.8 Å². The number of H-pyrrole nitrogens is 1. The molecule has 7 heteroatoms. The van der Waals surface area contributed by atoms with E-state index < -0.39 is 0 Å². The van der Waals surface area contributed by atoms with Crippen molar-refractivity contribution in [3.63, 3.8) is 0 Å². The molecule has 1 unspecified atom stereocenters. The highest BCUT2D eigenvalue weighted by Gasteiger charge is 2.23. The minimum atomic E-state index is -0.167. The zero-order valence-electron chi connectivity index (χ0n) is 13.5. The molecule has 23 heavy (non-hydrogen) atoms. The van der Waals surface area contributed by atoms with Gasteiger partial charge in [0.05, 0.1) is 17.5 Å². The number of fused-ring (bicyclic) bond motifs is 1. The quantitative estimate of drug-likeness (QED) is 0.837. The topological polar surface area (TPSA) is 79.3 Å². The van der Waals surface area contributed by atoms with E-state index in [9.17, 15) is 9.59 Å². The highest BCUT2D eigenvalue weighted by Crippen LogP contribution is 2.25. The Morgan fingerprint density at radius 1 is 1.43 bits per heavy atom. The lowest BCUT2D eigenvalue weighted by Gasteiger charge is -2.23. The standard InChI is InChI=1S/C16H22N4O2.ClH/c1-3-10(2)15(22)12-9-18-20-13(8-14(21)19-16(12)20)11-4-6-17-7-5-11;/h8-11,17H,3-7H2,1-2H3,(H,19,21);1H. The van der Waals surface area contributed by atoms with E-state index in [4.69, 9.17) is 0 Å². The minimum Gasteiger partial charge on any atom is -0.317 e. The lowest BCUT2D eigenvalue weighted by atomic mass is 9.94. The average Bonchev–Trinajstić information content (AvgIpc) is 2.97. The third kappa shape index (κ3) is 3.33. The predicted octanol–water partition coefficient (Wildman–Crippen LogP) is 2.14. The van der Waals surface area contributed by atoms with Crippen LogP contribution in [0.4, 0.5) is 0 Å². The summed E-state index contributed by atoms with van der Waals surface area (Å²) in [7, 11) is 0. The summed E-state index contributed by atoms with van der Waals surface area (Å²) in [6, 6.07) is 1.62. The van der Waals surface area contributed by atoms with Gasteiger partial charge in [-0.25, -0.2) is 4.52 Å². The van der Waals surface area contributed by atoms with E-state index in [0.717, 1.165) is 38.0 Å². The van der Waals surface area contributed by atoms with Gasteiger partial charge in [-0.3, -0.25) is 9.59 Å². The Balaban J connectivity index is 0.00000192. The second-order valence-electron chi connectivity index (χ2n) is 6.07. The van der Waals surface area contributed by atoms with Gasteiger partial charge in [-0.2, -0.15) is 5.10 Å². The molecule has 3 heterocycles. The van der Waals surface area contributed by atoms with Crippen molar-refractivity contribution in [1.82, 2.24) is 19.9 Å². The molecule has 0 radical (unpaired) electrons. The highest BCUT2D eigenvalue weighted by atomic mass is 35.5. The summed E-state index contributed by atoms with van der Waals surface area (Å²) in [4.78, 5) is 27.3. The molecule has 3 rings (SSSR count). The number of hydrogen-bond acceptors (Lipinski definition) is 4. The smallest absolute Gasteiger partial charge is 0.251 e. The second kappa shape index (κ2) is 7.27. The Kier molecular flexibility index (Phi) is 5.59. The van der Waals surface area contributed by atoms with Crippen LogP contribution >= 0.6 is 12.4 Å². The number of ketones is 1. The molecule has 2 aromatic heterocycles. The molecule has 126 valence electrons. The SMILES string of the molecule is CCC(C)C(=O)c1cnn2c(C3CCNCC3)cc(=O)[nH]c12.Cl. The molecule has 0 aromatic carbocycles. The third-order valence-corrected chi connectivity index (χ3v) is 4.62. The van der Waals surface area contributed by atoms with Gasteiger partial charge in [-0.05, 0) is 32.4 Å². The molecular weight excluding hydrogens is 316 g/mol. The van der Waals surface area contributed by atoms with Gasteiger partial charge in [0.1, 0.15) is 5.65 Å². The summed E-state index contributed by atoms with van der Waals surface area (Å²) >= 11 is 0. The van der Waals surface area contributed by atoms with Gasteiger partial charge in [0.15, 0.2) is 5.78 Å². The van der Waals surface area contributed by atoms with Crippen molar-refractivity contribution in [3.05, 3.63) is 33.9 Å². The van der Waals surface area contributed by atoms with Crippen molar-refractivity contribution in [2.24, 2.45) is 5.92 Å². The lowest BCUT2D eigenvalue weighted by Crippen LogP contribution is -2.28. The van der Waals surface area contributed by atoms with Gasteiger partial charge in [0, 0.05) is 17.9 Å². The third-order valence-electron chi connectivity index (χ3n) is 4.62. The fourth-order valence-corrected chi connectivity index (χ4v) is 3.05. The molecule has 1 aliphatic rings. The van der Waals surface area contributed by atoms with Crippen molar-refractivity contribution >= 4 is 23.8 Å². The Bertz CT molecular complexity index is 746. The maximum absolute atomic E-state index is 12.5. The van der Waals surface area contributed by atoms with Crippen LogP contribution in [-0.2, 0) is 0 Å². The molecule has 2 aromatic rings. The van der Waals surface area contributed by atoms with Crippen molar-refractivity contribution < 1.29 is 4.79 Å². The van der Waals surface area contributed by atoms with E-state index in [1.54, 1.807) is 16.8 Å². The van der Waals surface area contributed by atoms with Crippen LogP contribution in [0, 0.1) is 5.92 Å². The molecule has 1 saturated heterocycles. The Hall–Kier alpha value is -1.66. The Morgan fingerprint density at radius 3 is 2.78 bits per heavy atom. The number of nitrogens with one attached hydrogen (secondary N) is 2. The molecule has 2 N–H and O–H groups in total. The van der Waals surface area contributed by atoms with Gasteiger partial charge in [0.25, 0.3) is 5.56 Å². The molecule has 6 nitrogen and oxygen atoms in total. The first-order valence-corrected chi connectivity index (χ1v) is 7.97. The maximum atomic E-state index is 12.5. The number of hydrogen-bond donors (Lipinski definition) is 2. The van der Waals surface area contributed by atoms with E-state index >= 15 is 0 Å². The number of piperidine rings is 1. The summed E-state index contributed by atoms with van der Waals surface area (Å²) in [6.45, 7) is 5.77. The number of carbonyl (C=O) groups is 1. The highest BCUT2D eigenvalue weighted by molar-refractivity contribution is 6.02. The van der Waals surface area contributed by atoms with Crippen LogP contribution in [0.3, 0.4) is 0 Å². The first-order valence-electron chi connectivity index (χ1n) is 7.97. The summed E-state index contributed by atoms with van der Waals surface area (Å²) in [5, 5.41) is 7.70. The number of Topliss-reactive ketones (excluding diaryl/α,β-unsaturated/α-hetero) is 1. The maximum Gasteiger partial charge on any atom is 0.251 e. The minimum absolute atomic E-state index is 0. The summed E-state index contributed by atoms with van der Waals surface area (Å²) in [6.07, 6.45) is 4.32. The van der Waals surface area contributed by atoms with Crippen molar-refractivity contribution in [2.75, 3.05) is 13.1 Å². The van der Waals surface area contributed by atoms with E-state index in [1.165, 1.54) is 0 Å². The van der Waals surface area contributed by atoms with Crippen LogP contribution in [0.1, 0.15) is 55.1 Å². The number of halogens is 1. The van der Waals surface area contributed by atoms with E-state index in [0.29, 0.717) is 17.1 Å². The predicted molar refractivity (Wildman–Crippen MR) is 91.7 cm³/mol. The molecule has 0 spiro atoms. The van der Waals surface area contributed by atoms with Gasteiger partial charge in [0.2, 0.25) is 0 Å².